The molecule has 2 aromatic rings. The van der Waals surface area contributed by atoms with E-state index in [0.29, 0.717) is 10.5 Å². The van der Waals surface area contributed by atoms with E-state index in [2.05, 4.69) is 15.0 Å². The molecule has 0 aliphatic carbocycles. The molecule has 15 heavy (non-hydrogen) atoms. The van der Waals surface area contributed by atoms with Crippen LogP contribution in [0.25, 0.3) is 11.3 Å². The zero-order chi connectivity index (χ0) is 10.7. The molecule has 0 fully saturated rings. The van der Waals surface area contributed by atoms with Crippen molar-refractivity contribution >= 4 is 12.2 Å². The second kappa shape index (κ2) is 4.18. The topological polar surface area (TPSA) is 50.8 Å². The first-order valence-corrected chi connectivity index (χ1v) is 4.75. The number of aromatic amines is 1. The average molecular weight is 219 g/mol. The van der Waals surface area contributed by atoms with Gasteiger partial charge in [-0.05, 0) is 6.07 Å². The quantitative estimate of drug-likeness (QED) is 0.787. The minimum atomic E-state index is 0.584. The molecule has 0 radical (unpaired) electrons. The van der Waals surface area contributed by atoms with E-state index in [1.807, 2.05) is 6.07 Å². The molecule has 1 N–H and O–H groups in total. The van der Waals surface area contributed by atoms with Gasteiger partial charge >= 0.3 is 0 Å². The van der Waals surface area contributed by atoms with Crippen molar-refractivity contribution in [3.8, 4) is 17.1 Å². The van der Waals surface area contributed by atoms with Crippen LogP contribution in [-0.2, 0) is 0 Å². The van der Waals surface area contributed by atoms with Crippen molar-refractivity contribution in [2.24, 2.45) is 0 Å². The predicted molar refractivity (Wildman–Crippen MR) is 59.2 cm³/mol. The number of rotatable bonds is 2. The van der Waals surface area contributed by atoms with E-state index >= 15 is 0 Å². The van der Waals surface area contributed by atoms with Crippen LogP contribution in [-0.4, -0.2) is 22.1 Å². The van der Waals surface area contributed by atoms with E-state index < -0.39 is 0 Å². The van der Waals surface area contributed by atoms with Gasteiger partial charge in [-0.2, -0.15) is 0 Å². The van der Waals surface area contributed by atoms with Gasteiger partial charge in [0, 0.05) is 17.8 Å². The molecule has 4 nitrogen and oxygen atoms in total. The standard InChI is InChI=1S/C10H9N3OS/c1-14-9-3-2-7(4-12-9)8-5-11-6-10(15)13-8/h2-6H,1H3,(H,13,15). The Morgan fingerprint density at radius 2 is 2.13 bits per heavy atom. The number of pyridine rings is 1. The van der Waals surface area contributed by atoms with Gasteiger partial charge in [0.15, 0.2) is 0 Å². The third kappa shape index (κ3) is 2.19. The van der Waals surface area contributed by atoms with Crippen LogP contribution in [0, 0.1) is 4.64 Å². The Balaban J connectivity index is 2.41. The van der Waals surface area contributed by atoms with Crippen LogP contribution in [0.3, 0.4) is 0 Å². The number of hydrogen-bond donors (Lipinski definition) is 1. The third-order valence-electron chi connectivity index (χ3n) is 1.91. The molecule has 0 saturated heterocycles. The molecule has 0 atom stereocenters. The maximum atomic E-state index is 4.99. The smallest absolute Gasteiger partial charge is 0.212 e. The van der Waals surface area contributed by atoms with Gasteiger partial charge in [0.2, 0.25) is 5.88 Å². The fourth-order valence-electron chi connectivity index (χ4n) is 1.18. The number of nitrogens with one attached hydrogen (secondary N) is 1. The first-order chi connectivity index (χ1) is 7.29. The number of hydrogen-bond acceptors (Lipinski definition) is 4. The SMILES string of the molecule is COc1ccc(-c2cncc(=S)[nH]2)cn1. The van der Waals surface area contributed by atoms with E-state index in [-0.39, 0.29) is 0 Å². The normalized spacial score (nSPS) is 9.93. The van der Waals surface area contributed by atoms with Crippen LogP contribution in [0.5, 0.6) is 5.88 Å². The highest BCUT2D eigenvalue weighted by atomic mass is 32.1. The Bertz CT molecular complexity index is 507. The van der Waals surface area contributed by atoms with E-state index in [4.69, 9.17) is 17.0 Å². The molecule has 2 rings (SSSR count). The summed E-state index contributed by atoms with van der Waals surface area (Å²) in [5.74, 6) is 0.584. The highest BCUT2D eigenvalue weighted by Crippen LogP contribution is 2.16. The summed E-state index contributed by atoms with van der Waals surface area (Å²) in [6.45, 7) is 0. The van der Waals surface area contributed by atoms with Crippen LogP contribution in [0.1, 0.15) is 0 Å². The van der Waals surface area contributed by atoms with Crippen LogP contribution >= 0.6 is 12.2 Å². The first kappa shape index (κ1) is 9.79. The second-order valence-corrected chi connectivity index (χ2v) is 3.34. The zero-order valence-electron chi connectivity index (χ0n) is 8.10. The van der Waals surface area contributed by atoms with Crippen molar-refractivity contribution in [1.29, 1.82) is 0 Å². The molecule has 0 unspecified atom stereocenters. The highest BCUT2D eigenvalue weighted by molar-refractivity contribution is 7.71. The predicted octanol–water partition coefficient (Wildman–Crippen LogP) is 2.21. The van der Waals surface area contributed by atoms with E-state index in [1.54, 1.807) is 31.8 Å². The van der Waals surface area contributed by atoms with E-state index in [9.17, 15) is 0 Å². The minimum Gasteiger partial charge on any atom is -0.481 e. The number of nitrogens with zero attached hydrogens (tertiary/aromatic N) is 2. The number of ether oxygens (including phenoxy) is 1. The van der Waals surface area contributed by atoms with Gasteiger partial charge in [0.05, 0.1) is 25.2 Å². The summed E-state index contributed by atoms with van der Waals surface area (Å²) >= 11 is 4.99. The number of H-pyrrole nitrogens is 1. The lowest BCUT2D eigenvalue weighted by Crippen LogP contribution is -1.89. The molecule has 2 aromatic heterocycles. The second-order valence-electron chi connectivity index (χ2n) is 2.90. The molecule has 0 bridgehead atoms. The Hall–Kier alpha value is -1.75. The van der Waals surface area contributed by atoms with Gasteiger partial charge in [0.1, 0.15) is 4.64 Å². The molecule has 0 aliphatic heterocycles. The summed E-state index contributed by atoms with van der Waals surface area (Å²) in [4.78, 5) is 11.1. The fourth-order valence-corrected chi connectivity index (χ4v) is 1.35. The average Bonchev–Trinajstić information content (AvgIpc) is 2.29. The van der Waals surface area contributed by atoms with Gasteiger partial charge in [0.25, 0.3) is 0 Å². The van der Waals surface area contributed by atoms with Gasteiger partial charge in [-0.3, -0.25) is 4.98 Å². The molecule has 76 valence electrons. The summed E-state index contributed by atoms with van der Waals surface area (Å²) in [5.41, 5.74) is 1.77. The number of methoxy groups -OCH3 is 1. The van der Waals surface area contributed by atoms with E-state index in [0.717, 1.165) is 11.3 Å². The summed E-state index contributed by atoms with van der Waals surface area (Å²) in [6, 6.07) is 3.69. The largest absolute Gasteiger partial charge is 0.481 e. The van der Waals surface area contributed by atoms with Crippen LogP contribution < -0.4 is 4.74 Å². The summed E-state index contributed by atoms with van der Waals surface area (Å²) in [5, 5.41) is 0. The highest BCUT2D eigenvalue weighted by Gasteiger charge is 1.99. The Kier molecular flexibility index (Phi) is 2.73. The minimum absolute atomic E-state index is 0.584. The lowest BCUT2D eigenvalue weighted by atomic mass is 10.2. The summed E-state index contributed by atoms with van der Waals surface area (Å²) in [7, 11) is 1.58. The maximum Gasteiger partial charge on any atom is 0.212 e. The molecular formula is C10H9N3OS. The van der Waals surface area contributed by atoms with Crippen molar-refractivity contribution in [3.63, 3.8) is 0 Å². The molecule has 2 heterocycles. The molecule has 0 aliphatic rings. The van der Waals surface area contributed by atoms with Gasteiger partial charge in [-0.1, -0.05) is 12.2 Å². The Morgan fingerprint density at radius 3 is 2.73 bits per heavy atom. The molecule has 0 spiro atoms. The lowest BCUT2D eigenvalue weighted by molar-refractivity contribution is 0.398. The summed E-state index contributed by atoms with van der Waals surface area (Å²) in [6.07, 6.45) is 5.01. The van der Waals surface area contributed by atoms with Crippen LogP contribution in [0.4, 0.5) is 0 Å². The van der Waals surface area contributed by atoms with Gasteiger partial charge in [-0.25, -0.2) is 4.98 Å². The monoisotopic (exact) mass is 219 g/mol. The van der Waals surface area contributed by atoms with Crippen LogP contribution in [0.15, 0.2) is 30.7 Å². The van der Waals surface area contributed by atoms with Gasteiger partial charge in [-0.15, -0.1) is 0 Å². The molecule has 0 saturated carbocycles. The first-order valence-electron chi connectivity index (χ1n) is 4.34. The zero-order valence-corrected chi connectivity index (χ0v) is 8.91. The Labute approximate surface area is 92.0 Å². The molecule has 0 amide bonds. The van der Waals surface area contributed by atoms with E-state index in [1.165, 1.54) is 0 Å². The lowest BCUT2D eigenvalue weighted by Gasteiger charge is -2.02. The van der Waals surface area contributed by atoms with Crippen LogP contribution in [0.2, 0.25) is 0 Å². The van der Waals surface area contributed by atoms with Gasteiger partial charge < -0.3 is 9.72 Å². The number of aromatic nitrogens is 3. The van der Waals surface area contributed by atoms with Crippen molar-refractivity contribution in [2.75, 3.05) is 7.11 Å². The maximum absolute atomic E-state index is 4.99. The van der Waals surface area contributed by atoms with Crippen molar-refractivity contribution in [1.82, 2.24) is 15.0 Å². The molecular weight excluding hydrogens is 210 g/mol. The third-order valence-corrected chi connectivity index (χ3v) is 2.12. The van der Waals surface area contributed by atoms with Crippen molar-refractivity contribution < 1.29 is 4.74 Å². The molecule has 0 aromatic carbocycles. The molecule has 5 heteroatoms. The fraction of sp³-hybridized carbons (Fsp3) is 0.100. The van der Waals surface area contributed by atoms with Crippen molar-refractivity contribution in [3.05, 3.63) is 35.4 Å². The summed E-state index contributed by atoms with van der Waals surface area (Å²) < 4.78 is 5.57. The van der Waals surface area contributed by atoms with Crippen molar-refractivity contribution in [2.45, 2.75) is 0 Å². The Morgan fingerprint density at radius 1 is 1.27 bits per heavy atom.